The minimum absolute atomic E-state index is 0.0697. The second-order valence-corrected chi connectivity index (χ2v) is 5.63. The summed E-state index contributed by atoms with van der Waals surface area (Å²) in [6.45, 7) is 1.75. The number of piperidine rings is 1. The zero-order valence-electron chi connectivity index (χ0n) is 10.5. The van der Waals surface area contributed by atoms with Crippen LogP contribution in [0.15, 0.2) is 28.7 Å². The molecule has 2 aromatic rings. The van der Waals surface area contributed by atoms with Crippen molar-refractivity contribution in [1.82, 2.24) is 4.98 Å². The van der Waals surface area contributed by atoms with Crippen molar-refractivity contribution in [3.05, 3.63) is 24.3 Å². The first kappa shape index (κ1) is 11.3. The molecule has 100 valence electrons. The molecule has 4 rings (SSSR count). The van der Waals surface area contributed by atoms with Gasteiger partial charge in [-0.25, -0.2) is 0 Å². The lowest BCUT2D eigenvalue weighted by Gasteiger charge is -2.22. The summed E-state index contributed by atoms with van der Waals surface area (Å²) in [6, 6.07) is 8.37. The molecular weight excluding hydrogens is 244 g/mol. The van der Waals surface area contributed by atoms with E-state index in [-0.39, 0.29) is 18.6 Å². The Morgan fingerprint density at radius 2 is 1.89 bits per heavy atom. The highest BCUT2D eigenvalue weighted by Gasteiger charge is 2.67. The van der Waals surface area contributed by atoms with Crippen LogP contribution < -0.4 is 4.90 Å². The number of oxazole rings is 1. The van der Waals surface area contributed by atoms with E-state index in [1.165, 1.54) is 0 Å². The van der Waals surface area contributed by atoms with E-state index in [4.69, 9.17) is 4.42 Å². The maximum Gasteiger partial charge on any atom is 0.298 e. The number of para-hydroxylation sites is 2. The van der Waals surface area contributed by atoms with Gasteiger partial charge < -0.3 is 19.5 Å². The molecule has 2 fully saturated rings. The summed E-state index contributed by atoms with van der Waals surface area (Å²) >= 11 is 0. The summed E-state index contributed by atoms with van der Waals surface area (Å²) in [4.78, 5) is 6.59. The average molecular weight is 260 g/mol. The van der Waals surface area contributed by atoms with Gasteiger partial charge in [-0.3, -0.25) is 0 Å². The molecule has 1 aliphatic carbocycles. The van der Waals surface area contributed by atoms with Crippen LogP contribution in [0.1, 0.15) is 0 Å². The van der Waals surface area contributed by atoms with Crippen LogP contribution in [-0.4, -0.2) is 41.5 Å². The molecule has 0 spiro atoms. The summed E-state index contributed by atoms with van der Waals surface area (Å²) in [5.41, 5.74) is 1.41. The highest BCUT2D eigenvalue weighted by molar-refractivity contribution is 5.74. The number of aromatic nitrogens is 1. The maximum atomic E-state index is 9.42. The van der Waals surface area contributed by atoms with E-state index in [0.717, 1.165) is 24.2 Å². The largest absolute Gasteiger partial charge is 0.423 e. The zero-order valence-corrected chi connectivity index (χ0v) is 10.5. The van der Waals surface area contributed by atoms with Crippen LogP contribution in [0.25, 0.3) is 11.1 Å². The molecule has 5 heteroatoms. The van der Waals surface area contributed by atoms with Gasteiger partial charge in [0.15, 0.2) is 5.58 Å². The van der Waals surface area contributed by atoms with E-state index in [1.54, 1.807) is 0 Å². The van der Waals surface area contributed by atoms with E-state index < -0.39 is 0 Å². The molecule has 1 aliphatic heterocycles. The van der Waals surface area contributed by atoms with Crippen molar-refractivity contribution in [2.45, 2.75) is 0 Å². The van der Waals surface area contributed by atoms with E-state index in [9.17, 15) is 10.2 Å². The van der Waals surface area contributed by atoms with E-state index in [0.29, 0.717) is 17.9 Å². The van der Waals surface area contributed by atoms with E-state index >= 15 is 0 Å². The molecule has 2 unspecified atom stereocenters. The summed E-state index contributed by atoms with van der Waals surface area (Å²) in [5.74, 6) is 0.718. The lowest BCUT2D eigenvalue weighted by atomic mass is 10.0. The molecule has 1 saturated heterocycles. The Morgan fingerprint density at radius 1 is 1.21 bits per heavy atom. The minimum Gasteiger partial charge on any atom is -0.423 e. The van der Waals surface area contributed by atoms with Crippen molar-refractivity contribution >= 4 is 17.1 Å². The Balaban J connectivity index is 1.57. The van der Waals surface area contributed by atoms with Gasteiger partial charge in [0.25, 0.3) is 6.01 Å². The average Bonchev–Trinajstić information content (AvgIpc) is 2.84. The number of benzene rings is 1. The summed E-state index contributed by atoms with van der Waals surface area (Å²) in [6.07, 6.45) is 0. The van der Waals surface area contributed by atoms with Crippen LogP contribution >= 0.6 is 0 Å². The van der Waals surface area contributed by atoms with Gasteiger partial charge in [0, 0.05) is 18.5 Å². The van der Waals surface area contributed by atoms with Crippen LogP contribution in [0.2, 0.25) is 0 Å². The first-order chi connectivity index (χ1) is 9.28. The van der Waals surface area contributed by atoms with Crippen molar-refractivity contribution in [3.63, 3.8) is 0 Å². The first-order valence-electron chi connectivity index (χ1n) is 6.61. The highest BCUT2D eigenvalue weighted by Crippen LogP contribution is 2.62. The lowest BCUT2D eigenvalue weighted by molar-refractivity contribution is 0.109. The van der Waals surface area contributed by atoms with Gasteiger partial charge in [-0.2, -0.15) is 4.98 Å². The molecule has 2 heterocycles. The fraction of sp³-hybridized carbons (Fsp3) is 0.500. The van der Waals surface area contributed by atoms with Crippen LogP contribution in [-0.2, 0) is 0 Å². The second-order valence-electron chi connectivity index (χ2n) is 5.63. The van der Waals surface area contributed by atoms with Crippen molar-refractivity contribution < 1.29 is 14.6 Å². The normalized spacial score (nSPS) is 27.8. The lowest BCUT2D eigenvalue weighted by Crippen LogP contribution is -2.32. The number of aliphatic hydroxyl groups is 2. The third-order valence-electron chi connectivity index (χ3n) is 4.83. The summed E-state index contributed by atoms with van der Waals surface area (Å²) in [7, 11) is 0. The molecule has 1 aromatic carbocycles. The predicted molar refractivity (Wildman–Crippen MR) is 69.8 cm³/mol. The predicted octanol–water partition coefficient (Wildman–Crippen LogP) is 0.865. The minimum atomic E-state index is -0.261. The van der Waals surface area contributed by atoms with Gasteiger partial charge >= 0.3 is 0 Å². The Bertz CT molecular complexity index is 573. The van der Waals surface area contributed by atoms with E-state index in [2.05, 4.69) is 9.88 Å². The molecule has 0 bridgehead atoms. The molecule has 1 saturated carbocycles. The van der Waals surface area contributed by atoms with Crippen molar-refractivity contribution in [2.24, 2.45) is 17.3 Å². The van der Waals surface area contributed by atoms with Crippen molar-refractivity contribution in [3.8, 4) is 0 Å². The third kappa shape index (κ3) is 1.40. The van der Waals surface area contributed by atoms with Gasteiger partial charge in [-0.1, -0.05) is 12.1 Å². The van der Waals surface area contributed by atoms with Crippen molar-refractivity contribution in [1.29, 1.82) is 0 Å². The van der Waals surface area contributed by atoms with E-state index in [1.807, 2.05) is 24.3 Å². The quantitative estimate of drug-likeness (QED) is 0.856. The molecule has 1 aromatic heterocycles. The monoisotopic (exact) mass is 260 g/mol. The maximum absolute atomic E-state index is 9.42. The number of hydrogen-bond donors (Lipinski definition) is 2. The Morgan fingerprint density at radius 3 is 2.53 bits per heavy atom. The molecule has 2 aliphatic rings. The topological polar surface area (TPSA) is 69.7 Å². The SMILES string of the molecule is OCC1(CO)C2CN(c3nc4ccccc4o3)CC21. The van der Waals surface area contributed by atoms with Gasteiger partial charge in [-0.15, -0.1) is 0 Å². The molecule has 2 N–H and O–H groups in total. The number of anilines is 1. The zero-order chi connectivity index (χ0) is 13.0. The number of aliphatic hydroxyl groups excluding tert-OH is 2. The third-order valence-corrected chi connectivity index (χ3v) is 4.83. The number of hydrogen-bond acceptors (Lipinski definition) is 5. The smallest absolute Gasteiger partial charge is 0.298 e. The second kappa shape index (κ2) is 3.71. The van der Waals surface area contributed by atoms with Gasteiger partial charge in [0.05, 0.1) is 13.2 Å². The van der Waals surface area contributed by atoms with Crippen LogP contribution in [0.3, 0.4) is 0 Å². The summed E-state index contributed by atoms with van der Waals surface area (Å²) in [5, 5.41) is 18.8. The van der Waals surface area contributed by atoms with Gasteiger partial charge in [0.2, 0.25) is 0 Å². The molecule has 0 amide bonds. The van der Waals surface area contributed by atoms with Crippen LogP contribution in [0.4, 0.5) is 6.01 Å². The fourth-order valence-corrected chi connectivity index (χ4v) is 3.51. The Hall–Kier alpha value is -1.59. The van der Waals surface area contributed by atoms with Crippen LogP contribution in [0, 0.1) is 17.3 Å². The molecule has 2 atom stereocenters. The van der Waals surface area contributed by atoms with Gasteiger partial charge in [-0.05, 0) is 24.0 Å². The fourth-order valence-electron chi connectivity index (χ4n) is 3.51. The van der Waals surface area contributed by atoms with Crippen molar-refractivity contribution in [2.75, 3.05) is 31.2 Å². The Kier molecular flexibility index (Phi) is 2.20. The van der Waals surface area contributed by atoms with Gasteiger partial charge in [0.1, 0.15) is 5.52 Å². The number of rotatable bonds is 3. The molecule has 5 nitrogen and oxygen atoms in total. The number of nitrogens with zero attached hydrogens (tertiary/aromatic N) is 2. The highest BCUT2D eigenvalue weighted by atomic mass is 16.4. The Labute approximate surface area is 110 Å². The molecule has 0 radical (unpaired) electrons. The molecule has 19 heavy (non-hydrogen) atoms. The number of fused-ring (bicyclic) bond motifs is 2. The van der Waals surface area contributed by atoms with Crippen LogP contribution in [0.5, 0.6) is 0 Å². The molecular formula is C14H16N2O3. The summed E-state index contributed by atoms with van der Waals surface area (Å²) < 4.78 is 5.75. The standard InChI is InChI=1S/C14H16N2O3/c17-7-14(8-18)9-5-16(6-10(9)14)13-15-11-3-1-2-4-12(11)19-13/h1-4,9-10,17-18H,5-8H2. The first-order valence-corrected chi connectivity index (χ1v) is 6.61.